The van der Waals surface area contributed by atoms with Crippen LogP contribution < -0.4 is 14.5 Å². The van der Waals surface area contributed by atoms with Crippen LogP contribution in [0, 0.1) is 0 Å². The molecule has 0 saturated heterocycles. The zero-order chi connectivity index (χ0) is 23.2. The third-order valence-electron chi connectivity index (χ3n) is 4.45. The summed E-state index contributed by atoms with van der Waals surface area (Å²) in [5.41, 5.74) is -5.53. The van der Waals surface area contributed by atoms with Crippen LogP contribution in [0.2, 0.25) is 0 Å². The molecule has 1 aromatic carbocycles. The molecule has 2 heterocycles. The maximum Gasteiger partial charge on any atom is 0.438 e. The van der Waals surface area contributed by atoms with Gasteiger partial charge < -0.3 is 14.6 Å². The van der Waals surface area contributed by atoms with Gasteiger partial charge in [-0.2, -0.15) is 36.5 Å². The van der Waals surface area contributed by atoms with Gasteiger partial charge in [-0.3, -0.25) is 0 Å². The molecule has 1 N–H and O–H groups in total. The molecule has 0 spiro atoms. The number of ether oxygens (including phenoxy) is 2. The third-order valence-corrected chi connectivity index (χ3v) is 4.45. The highest BCUT2D eigenvalue weighted by molar-refractivity contribution is 5.87. The van der Waals surface area contributed by atoms with Crippen LogP contribution in [0.15, 0.2) is 29.4 Å². The van der Waals surface area contributed by atoms with Crippen LogP contribution in [0.25, 0.3) is 11.3 Å². The number of anilines is 1. The van der Waals surface area contributed by atoms with Crippen LogP contribution in [0.3, 0.4) is 0 Å². The molecule has 168 valence electrons. The van der Waals surface area contributed by atoms with E-state index in [1.165, 1.54) is 39.3 Å². The largest absolute Gasteiger partial charge is 0.493 e. The van der Waals surface area contributed by atoms with E-state index in [1.54, 1.807) is 0 Å². The van der Waals surface area contributed by atoms with Gasteiger partial charge in [0, 0.05) is 17.7 Å². The van der Waals surface area contributed by atoms with Gasteiger partial charge in [-0.1, -0.05) is 0 Å². The molecule has 1 aliphatic heterocycles. The Morgan fingerprint density at radius 1 is 1.00 bits per heavy atom. The van der Waals surface area contributed by atoms with Crippen LogP contribution in [-0.2, 0) is 6.18 Å². The van der Waals surface area contributed by atoms with E-state index in [-0.39, 0.29) is 33.5 Å². The fourth-order valence-electron chi connectivity index (χ4n) is 2.97. The summed E-state index contributed by atoms with van der Waals surface area (Å²) in [5, 5.41) is 13.7. The molecular weight excluding hydrogens is 434 g/mol. The first kappa shape index (κ1) is 22.6. The number of hydrazone groups is 1. The number of rotatable bonds is 4. The Kier molecular flexibility index (Phi) is 5.50. The van der Waals surface area contributed by atoms with E-state index in [9.17, 15) is 31.4 Å². The van der Waals surface area contributed by atoms with Crippen molar-refractivity contribution in [3.8, 4) is 22.8 Å². The molecule has 13 heteroatoms. The zero-order valence-electron chi connectivity index (χ0n) is 16.3. The molecule has 3 rings (SSSR count). The van der Waals surface area contributed by atoms with E-state index in [1.807, 2.05) is 0 Å². The monoisotopic (exact) mass is 450 g/mol. The highest BCUT2D eigenvalue weighted by Crippen LogP contribution is 2.43. The number of halogens is 6. The van der Waals surface area contributed by atoms with Gasteiger partial charge in [0.05, 0.1) is 19.9 Å². The second kappa shape index (κ2) is 7.55. The van der Waals surface area contributed by atoms with Crippen molar-refractivity contribution in [3.05, 3.63) is 30.0 Å². The Bertz CT molecular complexity index is 1020. The average molecular weight is 450 g/mol. The number of methoxy groups -OCH3 is 2. The molecule has 0 radical (unpaired) electrons. The number of benzene rings is 1. The van der Waals surface area contributed by atoms with Crippen molar-refractivity contribution in [2.75, 3.05) is 19.2 Å². The quantitative estimate of drug-likeness (QED) is 0.709. The molecule has 1 aromatic heterocycles. The fraction of sp³-hybridized carbons (Fsp3) is 0.389. The van der Waals surface area contributed by atoms with Crippen molar-refractivity contribution in [1.82, 2.24) is 9.97 Å². The van der Waals surface area contributed by atoms with E-state index in [2.05, 4.69) is 15.1 Å². The molecule has 1 aliphatic rings. The van der Waals surface area contributed by atoms with Gasteiger partial charge in [0.1, 0.15) is 0 Å². The van der Waals surface area contributed by atoms with Crippen molar-refractivity contribution >= 4 is 11.7 Å². The Balaban J connectivity index is 2.22. The summed E-state index contributed by atoms with van der Waals surface area (Å²) in [6.45, 7) is 1.19. The van der Waals surface area contributed by atoms with Crippen LogP contribution in [0.1, 0.15) is 19.0 Å². The molecule has 0 aliphatic carbocycles. The zero-order valence-corrected chi connectivity index (χ0v) is 16.3. The summed E-state index contributed by atoms with van der Waals surface area (Å²) in [6, 6.07) is 4.62. The van der Waals surface area contributed by atoms with Gasteiger partial charge in [0.2, 0.25) is 5.95 Å². The summed E-state index contributed by atoms with van der Waals surface area (Å²) in [4.78, 5) is 7.02. The number of aromatic nitrogens is 2. The molecule has 0 bridgehead atoms. The lowest BCUT2D eigenvalue weighted by molar-refractivity contribution is -0.254. The number of aliphatic hydroxyl groups is 1. The number of hydrogen-bond acceptors (Lipinski definition) is 7. The lowest BCUT2D eigenvalue weighted by Crippen LogP contribution is -2.55. The normalized spacial score (nSPS) is 19.4. The van der Waals surface area contributed by atoms with Gasteiger partial charge >= 0.3 is 12.4 Å². The Labute approximate surface area is 171 Å². The van der Waals surface area contributed by atoms with Crippen LogP contribution in [0.4, 0.5) is 32.3 Å². The smallest absolute Gasteiger partial charge is 0.438 e. The van der Waals surface area contributed by atoms with E-state index in [0.717, 1.165) is 0 Å². The van der Waals surface area contributed by atoms with Crippen molar-refractivity contribution in [1.29, 1.82) is 0 Å². The van der Waals surface area contributed by atoms with E-state index < -0.39 is 36.1 Å². The molecular formula is C18H16F6N4O3. The van der Waals surface area contributed by atoms with E-state index in [0.29, 0.717) is 6.07 Å². The summed E-state index contributed by atoms with van der Waals surface area (Å²) < 4.78 is 91.1. The molecule has 7 nitrogen and oxygen atoms in total. The number of alkyl halides is 6. The maximum absolute atomic E-state index is 13.5. The van der Waals surface area contributed by atoms with Crippen molar-refractivity contribution in [2.24, 2.45) is 5.10 Å². The molecule has 0 saturated carbocycles. The predicted octanol–water partition coefficient (Wildman–Crippen LogP) is 4.02. The predicted molar refractivity (Wildman–Crippen MR) is 96.8 cm³/mol. The second-order valence-corrected chi connectivity index (χ2v) is 6.64. The molecule has 0 amide bonds. The highest BCUT2D eigenvalue weighted by Gasteiger charge is 2.62. The highest BCUT2D eigenvalue weighted by atomic mass is 19.4. The molecule has 0 fully saturated rings. The van der Waals surface area contributed by atoms with Crippen molar-refractivity contribution in [2.45, 2.75) is 31.4 Å². The topological polar surface area (TPSA) is 80.1 Å². The first-order chi connectivity index (χ1) is 14.3. The summed E-state index contributed by atoms with van der Waals surface area (Å²) in [6.07, 6.45) is -11.2. The maximum atomic E-state index is 13.5. The SMILES string of the molecule is COc1ccc(-c2cc(C(F)(F)F)nc(N3N=C(C)C[C@]3(O)C(F)(F)F)n2)cc1OC. The van der Waals surface area contributed by atoms with E-state index in [4.69, 9.17) is 9.47 Å². The summed E-state index contributed by atoms with van der Waals surface area (Å²) in [7, 11) is 2.66. The minimum Gasteiger partial charge on any atom is -0.493 e. The van der Waals surface area contributed by atoms with Crippen LogP contribution in [-0.4, -0.2) is 46.9 Å². The molecule has 31 heavy (non-hydrogen) atoms. The Hall–Kier alpha value is -3.09. The third kappa shape index (κ3) is 4.09. The van der Waals surface area contributed by atoms with Crippen molar-refractivity contribution < 1.29 is 40.9 Å². The first-order valence-corrected chi connectivity index (χ1v) is 8.62. The fourth-order valence-corrected chi connectivity index (χ4v) is 2.97. The summed E-state index contributed by atoms with van der Waals surface area (Å²) >= 11 is 0. The molecule has 0 unspecified atom stereocenters. The van der Waals surface area contributed by atoms with Gasteiger partial charge in [-0.05, 0) is 31.2 Å². The van der Waals surface area contributed by atoms with Crippen LogP contribution >= 0.6 is 0 Å². The average Bonchev–Trinajstić information content (AvgIpc) is 3.01. The standard InChI is InChI=1S/C18H16F6N4O3/c1-9-8-16(29,18(22,23)24)28(27-9)15-25-11(7-14(26-15)17(19,20)21)10-4-5-12(30-2)13(6-10)31-3/h4-7,29H,8H2,1-3H3/t16-/m0/s1. The van der Waals surface area contributed by atoms with Crippen molar-refractivity contribution in [3.63, 3.8) is 0 Å². The lowest BCUT2D eigenvalue weighted by Gasteiger charge is -2.32. The van der Waals surface area contributed by atoms with Gasteiger partial charge in [-0.15, -0.1) is 0 Å². The Morgan fingerprint density at radius 2 is 1.65 bits per heavy atom. The lowest BCUT2D eigenvalue weighted by atomic mass is 10.1. The number of nitrogens with zero attached hydrogens (tertiary/aromatic N) is 4. The first-order valence-electron chi connectivity index (χ1n) is 8.62. The number of hydrogen-bond donors (Lipinski definition) is 1. The Morgan fingerprint density at radius 3 is 2.19 bits per heavy atom. The summed E-state index contributed by atoms with van der Waals surface area (Å²) in [5.74, 6) is -0.616. The molecule has 1 atom stereocenters. The van der Waals surface area contributed by atoms with Gasteiger partial charge in [0.15, 0.2) is 17.2 Å². The minimum atomic E-state index is -5.24. The van der Waals surface area contributed by atoms with Gasteiger partial charge in [0.25, 0.3) is 5.72 Å². The van der Waals surface area contributed by atoms with E-state index >= 15 is 0 Å². The molecule has 2 aromatic rings. The second-order valence-electron chi connectivity index (χ2n) is 6.64. The van der Waals surface area contributed by atoms with Gasteiger partial charge in [-0.25, -0.2) is 9.97 Å². The minimum absolute atomic E-state index is 0.0399. The van der Waals surface area contributed by atoms with Crippen LogP contribution in [0.5, 0.6) is 11.5 Å².